The normalized spacial score (nSPS) is 22.3. The van der Waals surface area contributed by atoms with Crippen molar-refractivity contribution in [3.63, 3.8) is 0 Å². The second kappa shape index (κ2) is 8.47. The fourth-order valence-corrected chi connectivity index (χ4v) is 3.04. The third-order valence-electron chi connectivity index (χ3n) is 4.40. The van der Waals surface area contributed by atoms with Crippen molar-refractivity contribution in [2.24, 2.45) is 0 Å². The van der Waals surface area contributed by atoms with E-state index in [1.807, 2.05) is 12.3 Å². The molecule has 1 aliphatic rings. The molecule has 0 amide bonds. The Morgan fingerprint density at radius 1 is 1.33 bits per heavy atom. The van der Waals surface area contributed by atoms with Gasteiger partial charge in [0.25, 0.3) is 0 Å². The van der Waals surface area contributed by atoms with E-state index in [9.17, 15) is 0 Å². The Morgan fingerprint density at radius 3 is 2.90 bits per heavy atom. The average molecular weight is 290 g/mol. The minimum Gasteiger partial charge on any atom is -0.314 e. The number of rotatable bonds is 7. The molecule has 1 N–H and O–H groups in total. The molecule has 0 radical (unpaired) electrons. The van der Waals surface area contributed by atoms with Crippen molar-refractivity contribution in [1.82, 2.24) is 20.1 Å². The molecular weight excluding hydrogens is 260 g/mol. The van der Waals surface area contributed by atoms with Gasteiger partial charge in [0, 0.05) is 50.0 Å². The Balaban J connectivity index is 1.95. The number of pyridine rings is 1. The lowest BCUT2D eigenvalue weighted by Crippen LogP contribution is -2.52. The van der Waals surface area contributed by atoms with E-state index in [2.05, 4.69) is 53.3 Å². The molecule has 1 aliphatic heterocycles. The Hall–Kier alpha value is -0.970. The van der Waals surface area contributed by atoms with Gasteiger partial charge in [0.2, 0.25) is 0 Å². The minimum absolute atomic E-state index is 0.513. The van der Waals surface area contributed by atoms with Crippen LogP contribution in [-0.2, 0) is 6.42 Å². The van der Waals surface area contributed by atoms with E-state index in [0.717, 1.165) is 13.0 Å². The number of hydrogen-bond acceptors (Lipinski definition) is 4. The molecule has 0 spiro atoms. The van der Waals surface area contributed by atoms with Crippen molar-refractivity contribution in [2.75, 3.05) is 40.3 Å². The van der Waals surface area contributed by atoms with Gasteiger partial charge in [-0.1, -0.05) is 13.0 Å². The van der Waals surface area contributed by atoms with Crippen LogP contribution in [0.15, 0.2) is 24.4 Å². The topological polar surface area (TPSA) is 31.4 Å². The molecule has 4 nitrogen and oxygen atoms in total. The van der Waals surface area contributed by atoms with Crippen LogP contribution in [0.2, 0.25) is 0 Å². The highest BCUT2D eigenvalue weighted by molar-refractivity contribution is 5.05. The van der Waals surface area contributed by atoms with E-state index >= 15 is 0 Å². The number of hydrogen-bond donors (Lipinski definition) is 1. The summed E-state index contributed by atoms with van der Waals surface area (Å²) < 4.78 is 0. The molecular formula is C17H30N4. The highest BCUT2D eigenvalue weighted by Crippen LogP contribution is 2.14. The lowest BCUT2D eigenvalue weighted by atomic mass is 9.99. The van der Waals surface area contributed by atoms with Gasteiger partial charge >= 0.3 is 0 Å². The number of nitrogens with one attached hydrogen (secondary N) is 1. The van der Waals surface area contributed by atoms with Gasteiger partial charge in [0.1, 0.15) is 0 Å². The van der Waals surface area contributed by atoms with Crippen LogP contribution in [0.4, 0.5) is 0 Å². The van der Waals surface area contributed by atoms with E-state index in [4.69, 9.17) is 0 Å². The molecule has 1 aromatic rings. The second-order valence-electron chi connectivity index (χ2n) is 6.31. The highest BCUT2D eigenvalue weighted by atomic mass is 15.3. The Morgan fingerprint density at radius 2 is 2.19 bits per heavy atom. The summed E-state index contributed by atoms with van der Waals surface area (Å²) in [5.74, 6) is 0. The van der Waals surface area contributed by atoms with Crippen LogP contribution in [-0.4, -0.2) is 67.1 Å². The summed E-state index contributed by atoms with van der Waals surface area (Å²) in [7, 11) is 4.49. The molecule has 0 bridgehead atoms. The molecule has 2 unspecified atom stereocenters. The van der Waals surface area contributed by atoms with Crippen LogP contribution in [0.5, 0.6) is 0 Å². The maximum atomic E-state index is 4.49. The van der Waals surface area contributed by atoms with Gasteiger partial charge < -0.3 is 15.1 Å². The largest absolute Gasteiger partial charge is 0.314 e. The lowest BCUT2D eigenvalue weighted by molar-refractivity contribution is 0.101. The van der Waals surface area contributed by atoms with Crippen molar-refractivity contribution in [2.45, 2.75) is 38.3 Å². The Bertz CT molecular complexity index is 395. The summed E-state index contributed by atoms with van der Waals surface area (Å²) in [6.07, 6.45) is 5.29. The smallest absolute Gasteiger partial charge is 0.0419 e. The first kappa shape index (κ1) is 16.4. The van der Waals surface area contributed by atoms with E-state index in [1.54, 1.807) is 0 Å². The first-order valence-corrected chi connectivity index (χ1v) is 8.21. The van der Waals surface area contributed by atoms with Crippen molar-refractivity contribution in [3.8, 4) is 0 Å². The van der Waals surface area contributed by atoms with E-state index in [1.165, 1.54) is 38.2 Å². The van der Waals surface area contributed by atoms with Crippen LogP contribution in [0, 0.1) is 0 Å². The second-order valence-corrected chi connectivity index (χ2v) is 6.31. The molecule has 2 atom stereocenters. The van der Waals surface area contributed by atoms with Gasteiger partial charge in [-0.05, 0) is 45.6 Å². The predicted molar refractivity (Wildman–Crippen MR) is 88.6 cm³/mol. The third-order valence-corrected chi connectivity index (χ3v) is 4.40. The highest BCUT2D eigenvalue weighted by Gasteiger charge is 2.25. The first-order valence-electron chi connectivity index (χ1n) is 8.21. The Labute approximate surface area is 129 Å². The van der Waals surface area contributed by atoms with E-state index < -0.39 is 0 Å². The monoisotopic (exact) mass is 290 g/mol. The quantitative estimate of drug-likeness (QED) is 0.827. The predicted octanol–water partition coefficient (Wildman–Crippen LogP) is 1.63. The zero-order valence-electron chi connectivity index (χ0n) is 13.8. The minimum atomic E-state index is 0.513. The molecule has 0 aliphatic carbocycles. The first-order chi connectivity index (χ1) is 10.2. The van der Waals surface area contributed by atoms with E-state index in [-0.39, 0.29) is 0 Å². The zero-order valence-corrected chi connectivity index (χ0v) is 13.8. The molecule has 1 saturated heterocycles. The Kier molecular flexibility index (Phi) is 6.61. The fourth-order valence-electron chi connectivity index (χ4n) is 3.04. The molecule has 1 fully saturated rings. The summed E-state index contributed by atoms with van der Waals surface area (Å²) in [6, 6.07) is 7.36. The molecule has 1 aromatic heterocycles. The molecule has 118 valence electrons. The van der Waals surface area contributed by atoms with Gasteiger partial charge in [-0.2, -0.15) is 0 Å². The molecule has 4 heteroatoms. The van der Waals surface area contributed by atoms with E-state index in [0.29, 0.717) is 12.1 Å². The van der Waals surface area contributed by atoms with Crippen molar-refractivity contribution in [3.05, 3.63) is 30.1 Å². The van der Waals surface area contributed by atoms with Crippen LogP contribution in [0.1, 0.15) is 25.5 Å². The maximum Gasteiger partial charge on any atom is 0.0419 e. The lowest BCUT2D eigenvalue weighted by Gasteiger charge is -2.39. The molecule has 2 heterocycles. The van der Waals surface area contributed by atoms with Crippen molar-refractivity contribution >= 4 is 0 Å². The summed E-state index contributed by atoms with van der Waals surface area (Å²) in [4.78, 5) is 9.45. The van der Waals surface area contributed by atoms with Crippen molar-refractivity contribution < 1.29 is 0 Å². The zero-order chi connectivity index (χ0) is 15.1. The summed E-state index contributed by atoms with van der Waals surface area (Å²) in [5.41, 5.74) is 1.19. The molecule has 21 heavy (non-hydrogen) atoms. The van der Waals surface area contributed by atoms with Crippen molar-refractivity contribution in [1.29, 1.82) is 0 Å². The van der Waals surface area contributed by atoms with Gasteiger partial charge in [0.15, 0.2) is 0 Å². The van der Waals surface area contributed by atoms with Crippen LogP contribution >= 0.6 is 0 Å². The summed E-state index contributed by atoms with van der Waals surface area (Å²) >= 11 is 0. The van der Waals surface area contributed by atoms with Gasteiger partial charge in [-0.25, -0.2) is 0 Å². The average Bonchev–Trinajstić information content (AvgIpc) is 2.49. The van der Waals surface area contributed by atoms with Crippen LogP contribution in [0.25, 0.3) is 0 Å². The summed E-state index contributed by atoms with van der Waals surface area (Å²) in [6.45, 7) is 6.84. The number of nitrogens with zero attached hydrogens (tertiary/aromatic N) is 3. The van der Waals surface area contributed by atoms with Gasteiger partial charge in [-0.3, -0.25) is 4.98 Å². The third kappa shape index (κ3) is 5.38. The van der Waals surface area contributed by atoms with Gasteiger partial charge in [0.05, 0.1) is 0 Å². The van der Waals surface area contributed by atoms with Gasteiger partial charge in [-0.15, -0.1) is 0 Å². The maximum absolute atomic E-state index is 4.49. The molecule has 0 saturated carbocycles. The molecule has 2 rings (SSSR count). The van der Waals surface area contributed by atoms with Crippen LogP contribution < -0.4 is 5.32 Å². The SMILES string of the molecule is CCCNC(Cc1ccccn1)CC1CN(C)CCN1C. The fraction of sp³-hybridized carbons (Fsp3) is 0.706. The molecule has 0 aromatic carbocycles. The number of piperazine rings is 1. The number of likely N-dealkylation sites (N-methyl/N-ethyl adjacent to an activating group) is 2. The summed E-state index contributed by atoms with van der Waals surface area (Å²) in [5, 5.41) is 3.72. The number of aromatic nitrogens is 1. The van der Waals surface area contributed by atoms with Crippen LogP contribution in [0.3, 0.4) is 0 Å². The standard InChI is InChI=1S/C17H30N4/c1-4-8-18-16(12-15-7-5-6-9-19-15)13-17-14-20(2)10-11-21(17)3/h5-7,9,16-18H,4,8,10-14H2,1-3H3.